The number of carbonyl (C=O) groups excluding carboxylic acids is 1. The van der Waals surface area contributed by atoms with Crippen molar-refractivity contribution < 1.29 is 4.79 Å². The highest BCUT2D eigenvalue weighted by molar-refractivity contribution is 7.81. The van der Waals surface area contributed by atoms with Crippen LogP contribution < -0.4 is 16.0 Å². The molecule has 0 fully saturated rings. The number of thiol groups is 1. The molecule has 1 atom stereocenters. The highest BCUT2D eigenvalue weighted by atomic mass is 35.5. The van der Waals surface area contributed by atoms with E-state index in [1.165, 1.54) is 0 Å². The lowest BCUT2D eigenvalue weighted by Gasteiger charge is -2.35. The van der Waals surface area contributed by atoms with E-state index in [1.807, 2.05) is 29.2 Å². The van der Waals surface area contributed by atoms with E-state index in [0.29, 0.717) is 23.8 Å². The average molecular weight is 323 g/mol. The maximum atomic E-state index is 11.9. The summed E-state index contributed by atoms with van der Waals surface area (Å²) in [6, 6.07) is 7.53. The van der Waals surface area contributed by atoms with Crippen molar-refractivity contribution >= 4 is 35.8 Å². The molecule has 1 aromatic heterocycles. The number of fused-ring (bicyclic) bond motifs is 1. The van der Waals surface area contributed by atoms with Crippen molar-refractivity contribution in [2.45, 2.75) is 18.6 Å². The van der Waals surface area contributed by atoms with Gasteiger partial charge >= 0.3 is 0 Å². The van der Waals surface area contributed by atoms with Crippen LogP contribution in [0.15, 0.2) is 30.5 Å². The van der Waals surface area contributed by atoms with E-state index in [9.17, 15) is 4.79 Å². The van der Waals surface area contributed by atoms with Gasteiger partial charge in [-0.25, -0.2) is 0 Å². The third-order valence-electron chi connectivity index (χ3n) is 3.55. The number of amides is 1. The molecule has 0 bridgehead atoms. The van der Waals surface area contributed by atoms with E-state index in [0.717, 1.165) is 16.8 Å². The number of hydrogen-bond acceptors (Lipinski definition) is 4. The molecule has 7 heteroatoms. The van der Waals surface area contributed by atoms with Crippen molar-refractivity contribution in [1.29, 1.82) is 0 Å². The number of aromatic nitrogens is 1. The van der Waals surface area contributed by atoms with Gasteiger partial charge < -0.3 is 20.9 Å². The predicted octanol–water partition coefficient (Wildman–Crippen LogP) is 2.09. The lowest BCUT2D eigenvalue weighted by molar-refractivity contribution is 0.0938. The largest absolute Gasteiger partial charge is 0.355 e. The Kier molecular flexibility index (Phi) is 3.84. The zero-order valence-corrected chi connectivity index (χ0v) is 12.8. The first kappa shape index (κ1) is 14.3. The fourth-order valence-electron chi connectivity index (χ4n) is 2.48. The van der Waals surface area contributed by atoms with E-state index in [1.54, 1.807) is 6.20 Å². The summed E-state index contributed by atoms with van der Waals surface area (Å²) in [4.78, 5) is 16.8. The molecule has 1 aliphatic heterocycles. The summed E-state index contributed by atoms with van der Waals surface area (Å²) < 4.78 is 0. The number of anilines is 1. The fraction of sp³-hybridized carbons (Fsp3) is 0.214. The van der Waals surface area contributed by atoms with Crippen molar-refractivity contribution in [3.8, 4) is 0 Å². The lowest BCUT2D eigenvalue weighted by atomic mass is 10.1. The summed E-state index contributed by atoms with van der Waals surface area (Å²) in [5, 5.41) is 3.47. The highest BCUT2D eigenvalue weighted by Crippen LogP contribution is 2.29. The van der Waals surface area contributed by atoms with Gasteiger partial charge in [-0.1, -0.05) is 17.7 Å². The minimum absolute atomic E-state index is 0.151. The van der Waals surface area contributed by atoms with Crippen LogP contribution in [0.2, 0.25) is 5.02 Å². The number of H-pyrrole nitrogens is 1. The number of aromatic amines is 1. The van der Waals surface area contributed by atoms with Gasteiger partial charge in [-0.3, -0.25) is 4.79 Å². The monoisotopic (exact) mass is 322 g/mol. The lowest BCUT2D eigenvalue weighted by Crippen LogP contribution is -2.49. The molecule has 21 heavy (non-hydrogen) atoms. The minimum atomic E-state index is -0.387. The Morgan fingerprint density at radius 3 is 2.90 bits per heavy atom. The Morgan fingerprint density at radius 2 is 2.14 bits per heavy atom. The minimum Gasteiger partial charge on any atom is -0.355 e. The SMILES string of the molecule is NCc1cc(Cl)ccc1CN1c2cc[nH]c2C(=O)NC1S. The van der Waals surface area contributed by atoms with E-state index in [2.05, 4.69) is 22.9 Å². The third kappa shape index (κ3) is 2.62. The first-order chi connectivity index (χ1) is 10.1. The second kappa shape index (κ2) is 5.63. The second-order valence-corrected chi connectivity index (χ2v) is 5.76. The molecule has 0 saturated heterocycles. The summed E-state index contributed by atoms with van der Waals surface area (Å²) in [7, 11) is 0. The zero-order chi connectivity index (χ0) is 15.0. The Balaban J connectivity index is 1.95. The Morgan fingerprint density at radius 1 is 1.33 bits per heavy atom. The molecule has 0 aliphatic carbocycles. The first-order valence-corrected chi connectivity index (χ1v) is 7.40. The number of benzene rings is 1. The van der Waals surface area contributed by atoms with Crippen LogP contribution in [-0.4, -0.2) is 16.4 Å². The van der Waals surface area contributed by atoms with Gasteiger partial charge in [0.15, 0.2) is 0 Å². The van der Waals surface area contributed by atoms with Crippen LogP contribution in [0, 0.1) is 0 Å². The fourth-order valence-corrected chi connectivity index (χ4v) is 2.99. The molecule has 0 radical (unpaired) electrons. The molecule has 0 saturated carbocycles. The number of carbonyl (C=O) groups is 1. The van der Waals surface area contributed by atoms with Gasteiger partial charge in [0, 0.05) is 24.3 Å². The Hall–Kier alpha value is -1.63. The number of nitrogens with one attached hydrogen (secondary N) is 2. The van der Waals surface area contributed by atoms with Gasteiger partial charge in [-0.15, -0.1) is 12.6 Å². The van der Waals surface area contributed by atoms with Crippen LogP contribution in [0.25, 0.3) is 0 Å². The van der Waals surface area contributed by atoms with Gasteiger partial charge in [0.05, 0.1) is 5.69 Å². The van der Waals surface area contributed by atoms with Gasteiger partial charge in [-0.05, 0) is 29.3 Å². The second-order valence-electron chi connectivity index (χ2n) is 4.83. The van der Waals surface area contributed by atoms with Crippen molar-refractivity contribution in [2.75, 3.05) is 4.90 Å². The molecule has 1 aliphatic rings. The van der Waals surface area contributed by atoms with E-state index >= 15 is 0 Å². The summed E-state index contributed by atoms with van der Waals surface area (Å²) >= 11 is 10.5. The Labute approximate surface area is 132 Å². The van der Waals surface area contributed by atoms with Crippen LogP contribution in [0.5, 0.6) is 0 Å². The number of rotatable bonds is 3. The molecule has 4 N–H and O–H groups in total. The highest BCUT2D eigenvalue weighted by Gasteiger charge is 2.29. The first-order valence-electron chi connectivity index (χ1n) is 6.50. The van der Waals surface area contributed by atoms with E-state index < -0.39 is 0 Å². The normalized spacial score (nSPS) is 17.6. The molecular weight excluding hydrogens is 308 g/mol. The third-order valence-corrected chi connectivity index (χ3v) is 4.19. The topological polar surface area (TPSA) is 74.1 Å². The van der Waals surface area contributed by atoms with Crippen molar-refractivity contribution in [2.24, 2.45) is 5.73 Å². The molecule has 110 valence electrons. The van der Waals surface area contributed by atoms with Crippen molar-refractivity contribution in [1.82, 2.24) is 10.3 Å². The van der Waals surface area contributed by atoms with Gasteiger partial charge in [0.2, 0.25) is 0 Å². The average Bonchev–Trinajstić information content (AvgIpc) is 2.94. The number of nitrogens with two attached hydrogens (primary N) is 1. The quantitative estimate of drug-likeness (QED) is 0.654. The number of halogens is 1. The molecular formula is C14H15ClN4OS. The molecule has 3 rings (SSSR count). The maximum absolute atomic E-state index is 11.9. The summed E-state index contributed by atoms with van der Waals surface area (Å²) in [6.07, 6.45) is 1.74. The molecule has 2 heterocycles. The molecule has 0 spiro atoms. The maximum Gasteiger partial charge on any atom is 0.272 e. The summed E-state index contributed by atoms with van der Waals surface area (Å²) in [5.41, 5.74) is 8.81. The summed E-state index contributed by atoms with van der Waals surface area (Å²) in [5.74, 6) is -0.151. The van der Waals surface area contributed by atoms with Crippen molar-refractivity contribution in [3.63, 3.8) is 0 Å². The van der Waals surface area contributed by atoms with Gasteiger partial charge in [0.1, 0.15) is 11.2 Å². The Bertz CT molecular complexity index is 687. The van der Waals surface area contributed by atoms with E-state index in [-0.39, 0.29) is 11.4 Å². The van der Waals surface area contributed by atoms with Crippen LogP contribution >= 0.6 is 24.2 Å². The van der Waals surface area contributed by atoms with E-state index in [4.69, 9.17) is 17.3 Å². The van der Waals surface area contributed by atoms with Gasteiger partial charge in [0.25, 0.3) is 5.91 Å². The predicted molar refractivity (Wildman–Crippen MR) is 86.6 cm³/mol. The molecule has 1 amide bonds. The number of hydrogen-bond donors (Lipinski definition) is 4. The van der Waals surface area contributed by atoms with Crippen molar-refractivity contribution in [3.05, 3.63) is 52.3 Å². The van der Waals surface area contributed by atoms with Crippen LogP contribution in [0.3, 0.4) is 0 Å². The summed E-state index contributed by atoms with van der Waals surface area (Å²) in [6.45, 7) is 0.996. The molecule has 5 nitrogen and oxygen atoms in total. The van der Waals surface area contributed by atoms with Crippen LogP contribution in [0.4, 0.5) is 5.69 Å². The smallest absolute Gasteiger partial charge is 0.272 e. The zero-order valence-electron chi connectivity index (χ0n) is 11.1. The standard InChI is InChI=1S/C14H15ClN4OS/c15-10-2-1-8(9(5-10)6-16)7-19-11-3-4-17-12(11)13(20)18-14(19)21/h1-5,14,17,21H,6-7,16H2,(H,18,20). The van der Waals surface area contributed by atoms with Crippen LogP contribution in [-0.2, 0) is 13.1 Å². The van der Waals surface area contributed by atoms with Crippen LogP contribution in [0.1, 0.15) is 21.6 Å². The molecule has 1 unspecified atom stereocenters. The molecule has 2 aromatic rings. The van der Waals surface area contributed by atoms with Gasteiger partial charge in [-0.2, -0.15) is 0 Å². The number of nitrogens with zero attached hydrogens (tertiary/aromatic N) is 1. The molecule has 1 aromatic carbocycles.